The molecule has 0 fully saturated rings. The predicted molar refractivity (Wildman–Crippen MR) is 125 cm³/mol. The summed E-state index contributed by atoms with van der Waals surface area (Å²) < 4.78 is 31.2. The Morgan fingerprint density at radius 3 is 2.37 bits per heavy atom. The largest absolute Gasteiger partial charge is 0.494 e. The molecule has 1 atom stereocenters. The van der Waals surface area contributed by atoms with Crippen molar-refractivity contribution in [2.75, 3.05) is 29.5 Å². The van der Waals surface area contributed by atoms with Gasteiger partial charge in [0.2, 0.25) is 15.9 Å². The highest BCUT2D eigenvalue weighted by molar-refractivity contribution is 7.98. The second kappa shape index (κ2) is 11.5. The first kappa shape index (κ1) is 24.4. The van der Waals surface area contributed by atoms with Gasteiger partial charge in [-0.15, -0.1) is 0 Å². The van der Waals surface area contributed by atoms with Crippen molar-refractivity contribution in [3.05, 3.63) is 59.1 Å². The molecule has 164 valence electrons. The van der Waals surface area contributed by atoms with Crippen LogP contribution >= 0.6 is 23.4 Å². The fourth-order valence-corrected chi connectivity index (χ4v) is 4.95. The molecular formula is C21H27ClN2O4S2. The highest BCUT2D eigenvalue weighted by Gasteiger charge is 2.28. The van der Waals surface area contributed by atoms with Crippen LogP contribution in [0.3, 0.4) is 0 Å². The third-order valence-corrected chi connectivity index (χ3v) is 6.74. The van der Waals surface area contributed by atoms with Gasteiger partial charge in [0, 0.05) is 23.1 Å². The first-order chi connectivity index (χ1) is 14.2. The third kappa shape index (κ3) is 7.41. The van der Waals surface area contributed by atoms with Crippen molar-refractivity contribution >= 4 is 45.0 Å². The Hall–Kier alpha value is -1.90. The molecule has 0 aliphatic heterocycles. The zero-order valence-corrected chi connectivity index (χ0v) is 19.7. The molecule has 0 radical (unpaired) electrons. The van der Waals surface area contributed by atoms with Gasteiger partial charge in [-0.1, -0.05) is 23.7 Å². The number of nitrogens with zero attached hydrogens (tertiary/aromatic N) is 1. The lowest BCUT2D eigenvalue weighted by Gasteiger charge is -2.28. The minimum atomic E-state index is -3.65. The van der Waals surface area contributed by atoms with Crippen LogP contribution in [-0.2, 0) is 20.6 Å². The summed E-state index contributed by atoms with van der Waals surface area (Å²) in [4.78, 5) is 12.6. The second-order valence-electron chi connectivity index (χ2n) is 6.63. The van der Waals surface area contributed by atoms with Crippen molar-refractivity contribution in [3.8, 4) is 5.75 Å². The molecule has 0 saturated carbocycles. The molecule has 0 saturated heterocycles. The Morgan fingerprint density at radius 2 is 1.80 bits per heavy atom. The first-order valence-corrected chi connectivity index (χ1v) is 12.9. The summed E-state index contributed by atoms with van der Waals surface area (Å²) in [6.07, 6.45) is 1.09. The van der Waals surface area contributed by atoms with E-state index in [0.717, 1.165) is 21.9 Å². The van der Waals surface area contributed by atoms with E-state index in [-0.39, 0.29) is 5.91 Å². The van der Waals surface area contributed by atoms with Gasteiger partial charge < -0.3 is 10.1 Å². The van der Waals surface area contributed by atoms with E-state index < -0.39 is 16.1 Å². The SMILES string of the molecule is CCOc1ccc(N([C@H](C)C(=O)NCCSCc2ccc(Cl)cc2)S(C)(=O)=O)cc1. The maximum Gasteiger partial charge on any atom is 0.243 e. The van der Waals surface area contributed by atoms with Crippen molar-refractivity contribution in [3.63, 3.8) is 0 Å². The number of halogens is 1. The molecule has 0 bridgehead atoms. The number of anilines is 1. The van der Waals surface area contributed by atoms with Crippen LogP contribution < -0.4 is 14.4 Å². The number of thioether (sulfide) groups is 1. The smallest absolute Gasteiger partial charge is 0.243 e. The van der Waals surface area contributed by atoms with Crippen LogP contribution in [0, 0.1) is 0 Å². The van der Waals surface area contributed by atoms with E-state index in [2.05, 4.69) is 5.32 Å². The Kier molecular flexibility index (Phi) is 9.33. The molecule has 0 aromatic heterocycles. The molecule has 0 heterocycles. The van der Waals surface area contributed by atoms with Gasteiger partial charge in [0.15, 0.2) is 0 Å². The summed E-state index contributed by atoms with van der Waals surface area (Å²) >= 11 is 7.56. The van der Waals surface area contributed by atoms with Gasteiger partial charge in [-0.2, -0.15) is 11.8 Å². The lowest BCUT2D eigenvalue weighted by atomic mass is 10.2. The predicted octanol–water partition coefficient (Wildman–Crippen LogP) is 3.94. The number of sulfonamides is 1. The normalized spacial score (nSPS) is 12.3. The van der Waals surface area contributed by atoms with Crippen LogP contribution in [0.15, 0.2) is 48.5 Å². The van der Waals surface area contributed by atoms with E-state index >= 15 is 0 Å². The minimum Gasteiger partial charge on any atom is -0.494 e. The van der Waals surface area contributed by atoms with E-state index in [1.165, 1.54) is 0 Å². The van der Waals surface area contributed by atoms with E-state index in [1.54, 1.807) is 43.0 Å². The van der Waals surface area contributed by atoms with Gasteiger partial charge in [0.25, 0.3) is 0 Å². The number of benzene rings is 2. The standard InChI is InChI=1S/C21H27ClN2O4S2/c1-4-28-20-11-9-19(10-12-20)24(30(3,26)27)16(2)21(25)23-13-14-29-15-17-5-7-18(22)8-6-17/h5-12,16H,4,13-15H2,1-3H3,(H,23,25)/t16-/m1/s1. The number of rotatable bonds is 11. The van der Waals surface area contributed by atoms with Crippen LogP contribution in [0.4, 0.5) is 5.69 Å². The van der Waals surface area contributed by atoms with Gasteiger partial charge in [-0.25, -0.2) is 8.42 Å². The fourth-order valence-electron chi connectivity index (χ4n) is 2.83. The molecule has 6 nitrogen and oxygen atoms in total. The second-order valence-corrected chi connectivity index (χ2v) is 10.0. The Balaban J connectivity index is 1.91. The van der Waals surface area contributed by atoms with Crippen LogP contribution in [0.5, 0.6) is 5.75 Å². The quantitative estimate of drug-likeness (QED) is 0.503. The van der Waals surface area contributed by atoms with Gasteiger partial charge in [0.1, 0.15) is 11.8 Å². The third-order valence-electron chi connectivity index (χ3n) is 4.22. The van der Waals surface area contributed by atoms with E-state index in [9.17, 15) is 13.2 Å². The van der Waals surface area contributed by atoms with Gasteiger partial charge in [-0.3, -0.25) is 9.10 Å². The lowest BCUT2D eigenvalue weighted by molar-refractivity contribution is -0.121. The molecule has 30 heavy (non-hydrogen) atoms. The van der Waals surface area contributed by atoms with Gasteiger partial charge in [-0.05, 0) is 55.8 Å². The first-order valence-electron chi connectivity index (χ1n) is 9.54. The Bertz CT molecular complexity index is 919. The van der Waals surface area contributed by atoms with Crippen molar-refractivity contribution in [2.45, 2.75) is 25.6 Å². The molecule has 1 N–H and O–H groups in total. The molecule has 1 amide bonds. The summed E-state index contributed by atoms with van der Waals surface area (Å²) in [6, 6.07) is 13.4. The molecule has 0 unspecified atom stereocenters. The van der Waals surface area contributed by atoms with Crippen molar-refractivity contribution in [1.82, 2.24) is 5.32 Å². The maximum atomic E-state index is 12.6. The zero-order valence-electron chi connectivity index (χ0n) is 17.3. The number of carbonyl (C=O) groups is 1. The summed E-state index contributed by atoms with van der Waals surface area (Å²) in [6.45, 7) is 4.41. The number of hydrogen-bond acceptors (Lipinski definition) is 5. The Labute approximate surface area is 188 Å². The summed E-state index contributed by atoms with van der Waals surface area (Å²) in [5.41, 5.74) is 1.57. The van der Waals surface area contributed by atoms with Gasteiger partial charge >= 0.3 is 0 Å². The van der Waals surface area contributed by atoms with E-state index in [1.807, 2.05) is 31.2 Å². The number of ether oxygens (including phenoxy) is 1. The van der Waals surface area contributed by atoms with Crippen LogP contribution in [0.2, 0.25) is 5.02 Å². The van der Waals surface area contributed by atoms with Crippen LogP contribution in [0.1, 0.15) is 19.4 Å². The summed E-state index contributed by atoms with van der Waals surface area (Å²) in [5.74, 6) is 1.82. The molecule has 2 aromatic carbocycles. The number of nitrogens with one attached hydrogen (secondary N) is 1. The number of hydrogen-bond donors (Lipinski definition) is 1. The molecule has 0 spiro atoms. The van der Waals surface area contributed by atoms with Crippen molar-refractivity contribution in [1.29, 1.82) is 0 Å². The average molecular weight is 471 g/mol. The maximum absolute atomic E-state index is 12.6. The highest BCUT2D eigenvalue weighted by Crippen LogP contribution is 2.24. The fraction of sp³-hybridized carbons (Fsp3) is 0.381. The number of carbonyl (C=O) groups excluding carboxylic acids is 1. The zero-order chi connectivity index (χ0) is 22.1. The van der Waals surface area contributed by atoms with Crippen molar-refractivity contribution < 1.29 is 17.9 Å². The molecule has 2 rings (SSSR count). The Morgan fingerprint density at radius 1 is 1.17 bits per heavy atom. The highest BCUT2D eigenvalue weighted by atomic mass is 35.5. The summed E-state index contributed by atoms with van der Waals surface area (Å²) in [7, 11) is -3.65. The van der Waals surface area contributed by atoms with E-state index in [0.29, 0.717) is 35.4 Å². The van der Waals surface area contributed by atoms with Crippen LogP contribution in [0.25, 0.3) is 0 Å². The van der Waals surface area contributed by atoms with E-state index in [4.69, 9.17) is 16.3 Å². The topological polar surface area (TPSA) is 75.7 Å². The molecular weight excluding hydrogens is 444 g/mol. The minimum absolute atomic E-state index is 0.346. The molecule has 2 aromatic rings. The number of amides is 1. The molecule has 9 heteroatoms. The van der Waals surface area contributed by atoms with Crippen molar-refractivity contribution in [2.24, 2.45) is 0 Å². The molecule has 0 aliphatic rings. The van der Waals surface area contributed by atoms with Crippen LogP contribution in [-0.4, -0.2) is 45.5 Å². The molecule has 0 aliphatic carbocycles. The lowest BCUT2D eigenvalue weighted by Crippen LogP contribution is -2.48. The average Bonchev–Trinajstić information content (AvgIpc) is 2.69. The monoisotopic (exact) mass is 470 g/mol. The summed E-state index contributed by atoms with van der Waals surface area (Å²) in [5, 5.41) is 3.52. The van der Waals surface area contributed by atoms with Gasteiger partial charge in [0.05, 0.1) is 18.6 Å².